The molecule has 2 aromatic rings. The second kappa shape index (κ2) is 4.75. The number of hydrogen-bond acceptors (Lipinski definition) is 3. The highest BCUT2D eigenvalue weighted by atomic mass is 16.3. The number of furan rings is 1. The fourth-order valence-corrected chi connectivity index (χ4v) is 2.79. The molecular formula is C15H20N2O. The molecule has 2 heterocycles. The Morgan fingerprint density at radius 1 is 1.44 bits per heavy atom. The first kappa shape index (κ1) is 11.8. The summed E-state index contributed by atoms with van der Waals surface area (Å²) in [6.07, 6.45) is 2.57. The van der Waals surface area contributed by atoms with Crippen molar-refractivity contribution in [3.63, 3.8) is 0 Å². The molecule has 3 heteroatoms. The van der Waals surface area contributed by atoms with Crippen molar-refractivity contribution in [2.45, 2.75) is 31.8 Å². The third-order valence-electron chi connectivity index (χ3n) is 3.93. The van der Waals surface area contributed by atoms with Gasteiger partial charge in [-0.15, -0.1) is 0 Å². The van der Waals surface area contributed by atoms with Crippen LogP contribution in [0.5, 0.6) is 0 Å². The highest BCUT2D eigenvalue weighted by Crippen LogP contribution is 2.25. The molecule has 1 fully saturated rings. The first-order chi connectivity index (χ1) is 8.74. The van der Waals surface area contributed by atoms with Gasteiger partial charge in [0, 0.05) is 18.0 Å². The molecule has 0 aliphatic carbocycles. The normalized spacial score (nSPS) is 22.7. The fraction of sp³-hybridized carbons (Fsp3) is 0.467. The van der Waals surface area contributed by atoms with Gasteiger partial charge in [-0.2, -0.15) is 0 Å². The van der Waals surface area contributed by atoms with Crippen molar-refractivity contribution in [3.05, 3.63) is 36.1 Å². The lowest BCUT2D eigenvalue weighted by molar-refractivity contribution is 0.243. The molecule has 1 aromatic heterocycles. The number of rotatable bonds is 3. The minimum absolute atomic E-state index is 0.0297. The van der Waals surface area contributed by atoms with Crippen LogP contribution in [-0.2, 0) is 0 Å². The van der Waals surface area contributed by atoms with E-state index in [1.165, 1.54) is 12.8 Å². The summed E-state index contributed by atoms with van der Waals surface area (Å²) in [6.45, 7) is 4.33. The van der Waals surface area contributed by atoms with E-state index >= 15 is 0 Å². The number of hydrogen-bond donors (Lipinski definition) is 1. The van der Waals surface area contributed by atoms with Gasteiger partial charge in [0.2, 0.25) is 0 Å². The molecule has 0 spiro atoms. The second-order valence-corrected chi connectivity index (χ2v) is 5.28. The topological polar surface area (TPSA) is 42.4 Å². The highest BCUT2D eigenvalue weighted by Gasteiger charge is 2.23. The first-order valence-corrected chi connectivity index (χ1v) is 6.72. The molecule has 1 aliphatic rings. The number of fused-ring (bicyclic) bond motifs is 1. The van der Waals surface area contributed by atoms with E-state index in [2.05, 4.69) is 24.0 Å². The van der Waals surface area contributed by atoms with Gasteiger partial charge < -0.3 is 10.2 Å². The van der Waals surface area contributed by atoms with Gasteiger partial charge in [0.05, 0.1) is 6.04 Å². The molecule has 18 heavy (non-hydrogen) atoms. The van der Waals surface area contributed by atoms with Crippen LogP contribution in [0, 0.1) is 0 Å². The zero-order valence-corrected chi connectivity index (χ0v) is 10.8. The van der Waals surface area contributed by atoms with Crippen LogP contribution in [0.15, 0.2) is 34.7 Å². The summed E-state index contributed by atoms with van der Waals surface area (Å²) < 4.78 is 5.82. The monoisotopic (exact) mass is 244 g/mol. The van der Waals surface area contributed by atoms with E-state index in [4.69, 9.17) is 10.2 Å². The quantitative estimate of drug-likeness (QED) is 0.902. The molecule has 0 radical (unpaired) electrons. The third kappa shape index (κ3) is 2.16. The summed E-state index contributed by atoms with van der Waals surface area (Å²) >= 11 is 0. The van der Waals surface area contributed by atoms with Crippen LogP contribution < -0.4 is 5.73 Å². The fourth-order valence-electron chi connectivity index (χ4n) is 2.79. The van der Waals surface area contributed by atoms with E-state index in [-0.39, 0.29) is 6.04 Å². The molecule has 2 unspecified atom stereocenters. The Morgan fingerprint density at radius 2 is 2.28 bits per heavy atom. The summed E-state index contributed by atoms with van der Waals surface area (Å²) in [4.78, 5) is 2.46. The van der Waals surface area contributed by atoms with E-state index in [1.54, 1.807) is 0 Å². The molecule has 3 nitrogen and oxygen atoms in total. The van der Waals surface area contributed by atoms with Crippen LogP contribution in [0.25, 0.3) is 11.0 Å². The molecular weight excluding hydrogens is 224 g/mol. The molecule has 0 bridgehead atoms. The predicted octanol–water partition coefficient (Wildman–Crippen LogP) is 2.92. The van der Waals surface area contributed by atoms with E-state index in [0.717, 1.165) is 29.8 Å². The van der Waals surface area contributed by atoms with Gasteiger partial charge in [-0.3, -0.25) is 4.90 Å². The number of nitrogens with zero attached hydrogens (tertiary/aromatic N) is 1. The Kier molecular flexibility index (Phi) is 3.10. The Labute approximate surface area is 108 Å². The standard InChI is InChI=1S/C15H20N2O/c1-11-5-4-8-17(11)10-13(16)15-9-12-6-2-3-7-14(12)18-15/h2-3,6-7,9,11,13H,4-5,8,10,16H2,1H3. The van der Waals surface area contributed by atoms with E-state index < -0.39 is 0 Å². The van der Waals surface area contributed by atoms with Crippen molar-refractivity contribution in [2.24, 2.45) is 5.73 Å². The Morgan fingerprint density at radius 3 is 3.00 bits per heavy atom. The minimum Gasteiger partial charge on any atom is -0.459 e. The molecule has 1 saturated heterocycles. The van der Waals surface area contributed by atoms with E-state index in [0.29, 0.717) is 6.04 Å². The molecule has 0 amide bonds. The van der Waals surface area contributed by atoms with Crippen molar-refractivity contribution < 1.29 is 4.42 Å². The van der Waals surface area contributed by atoms with Crippen molar-refractivity contribution >= 4 is 11.0 Å². The summed E-state index contributed by atoms with van der Waals surface area (Å²) in [5, 5.41) is 1.14. The lowest BCUT2D eigenvalue weighted by atomic mass is 10.2. The van der Waals surface area contributed by atoms with Crippen LogP contribution in [0.3, 0.4) is 0 Å². The molecule has 2 N–H and O–H groups in total. The van der Waals surface area contributed by atoms with E-state index in [1.807, 2.05) is 18.2 Å². The maximum absolute atomic E-state index is 6.27. The van der Waals surface area contributed by atoms with Crippen molar-refractivity contribution in [2.75, 3.05) is 13.1 Å². The molecule has 3 rings (SSSR count). The van der Waals surface area contributed by atoms with Crippen molar-refractivity contribution in [1.82, 2.24) is 4.90 Å². The maximum atomic E-state index is 6.27. The number of benzene rings is 1. The van der Waals surface area contributed by atoms with E-state index in [9.17, 15) is 0 Å². The van der Waals surface area contributed by atoms with Gasteiger partial charge in [-0.25, -0.2) is 0 Å². The van der Waals surface area contributed by atoms with Crippen LogP contribution in [0.2, 0.25) is 0 Å². The average Bonchev–Trinajstić information content (AvgIpc) is 2.96. The molecule has 2 atom stereocenters. The molecule has 1 aromatic carbocycles. The first-order valence-electron chi connectivity index (χ1n) is 6.72. The van der Waals surface area contributed by atoms with Gasteiger partial charge in [0.25, 0.3) is 0 Å². The third-order valence-corrected chi connectivity index (χ3v) is 3.93. The van der Waals surface area contributed by atoms with Gasteiger partial charge in [-0.1, -0.05) is 18.2 Å². The van der Waals surface area contributed by atoms with Crippen LogP contribution >= 0.6 is 0 Å². The molecule has 1 aliphatic heterocycles. The second-order valence-electron chi connectivity index (χ2n) is 5.28. The Hall–Kier alpha value is -1.32. The van der Waals surface area contributed by atoms with Crippen molar-refractivity contribution in [1.29, 1.82) is 0 Å². The average molecular weight is 244 g/mol. The smallest absolute Gasteiger partial charge is 0.134 e. The molecule has 96 valence electrons. The summed E-state index contributed by atoms with van der Waals surface area (Å²) in [6, 6.07) is 10.8. The number of para-hydroxylation sites is 1. The van der Waals surface area contributed by atoms with Gasteiger partial charge >= 0.3 is 0 Å². The lowest BCUT2D eigenvalue weighted by Gasteiger charge is -2.23. The van der Waals surface area contributed by atoms with Crippen LogP contribution in [0.4, 0.5) is 0 Å². The number of likely N-dealkylation sites (tertiary alicyclic amines) is 1. The highest BCUT2D eigenvalue weighted by molar-refractivity contribution is 5.77. The van der Waals surface area contributed by atoms with Crippen LogP contribution in [-0.4, -0.2) is 24.0 Å². The van der Waals surface area contributed by atoms with Gasteiger partial charge in [-0.05, 0) is 38.4 Å². The SMILES string of the molecule is CC1CCCN1CC(N)c1cc2ccccc2o1. The van der Waals surface area contributed by atoms with Gasteiger partial charge in [0.15, 0.2) is 0 Å². The van der Waals surface area contributed by atoms with Crippen LogP contribution in [0.1, 0.15) is 31.6 Å². The number of nitrogens with two attached hydrogens (primary N) is 1. The summed E-state index contributed by atoms with van der Waals surface area (Å²) in [5.41, 5.74) is 7.19. The zero-order chi connectivity index (χ0) is 12.5. The largest absolute Gasteiger partial charge is 0.459 e. The molecule has 0 saturated carbocycles. The summed E-state index contributed by atoms with van der Waals surface area (Å²) in [7, 11) is 0. The zero-order valence-electron chi connectivity index (χ0n) is 10.8. The Bertz CT molecular complexity index is 501. The van der Waals surface area contributed by atoms with Crippen molar-refractivity contribution in [3.8, 4) is 0 Å². The summed E-state index contributed by atoms with van der Waals surface area (Å²) in [5.74, 6) is 0.898. The lowest BCUT2D eigenvalue weighted by Crippen LogP contribution is -2.34. The van der Waals surface area contributed by atoms with Gasteiger partial charge in [0.1, 0.15) is 11.3 Å². The maximum Gasteiger partial charge on any atom is 0.134 e. The minimum atomic E-state index is -0.0297. The predicted molar refractivity (Wildman–Crippen MR) is 73.4 cm³/mol. The Balaban J connectivity index is 1.77.